The first-order chi connectivity index (χ1) is 7.40. The summed E-state index contributed by atoms with van der Waals surface area (Å²) in [6.45, 7) is 1.56. The molecule has 0 unspecified atom stereocenters. The predicted octanol–water partition coefficient (Wildman–Crippen LogP) is 1.58. The summed E-state index contributed by atoms with van der Waals surface area (Å²) in [6, 6.07) is 8.15. The van der Waals surface area contributed by atoms with Gasteiger partial charge < -0.3 is 10.3 Å². The number of aryl methyl sites for hydroxylation is 2. The summed E-state index contributed by atoms with van der Waals surface area (Å²) >= 11 is 0. The zero-order valence-corrected chi connectivity index (χ0v) is 8.63. The van der Waals surface area contributed by atoms with Crippen LogP contribution < -0.4 is 5.73 Å². The van der Waals surface area contributed by atoms with E-state index in [0.29, 0.717) is 6.54 Å². The highest BCUT2D eigenvalue weighted by molar-refractivity contribution is 5.10. The Bertz CT molecular complexity index is 406. The van der Waals surface area contributed by atoms with Crippen molar-refractivity contribution in [3.63, 3.8) is 0 Å². The molecule has 3 heteroatoms. The molecular formula is C12H15N3. The topological polar surface area (TPSA) is 43.8 Å². The Morgan fingerprint density at radius 3 is 2.93 bits per heavy atom. The zero-order chi connectivity index (χ0) is 10.5. The summed E-state index contributed by atoms with van der Waals surface area (Å²) in [7, 11) is 0. The third kappa shape index (κ3) is 2.44. The first kappa shape index (κ1) is 9.93. The number of aromatic nitrogens is 2. The fraction of sp³-hybridized carbons (Fsp3) is 0.250. The van der Waals surface area contributed by atoms with Crippen molar-refractivity contribution in [1.29, 1.82) is 0 Å². The second kappa shape index (κ2) is 4.75. The van der Waals surface area contributed by atoms with Gasteiger partial charge in [-0.2, -0.15) is 0 Å². The van der Waals surface area contributed by atoms with Gasteiger partial charge in [0.05, 0.1) is 0 Å². The van der Waals surface area contributed by atoms with Gasteiger partial charge in [0, 0.05) is 37.4 Å². The second-order valence-corrected chi connectivity index (χ2v) is 3.51. The van der Waals surface area contributed by atoms with E-state index in [9.17, 15) is 0 Å². The molecule has 0 aliphatic carbocycles. The van der Waals surface area contributed by atoms with Crippen LogP contribution in [0, 0.1) is 0 Å². The SMILES string of the molecule is NCc1cccn1CCc1cccnc1. The van der Waals surface area contributed by atoms with Crippen LogP contribution >= 0.6 is 0 Å². The van der Waals surface area contributed by atoms with Crippen molar-refractivity contribution >= 4 is 0 Å². The Morgan fingerprint density at radius 2 is 2.20 bits per heavy atom. The fourth-order valence-electron chi connectivity index (χ4n) is 1.65. The largest absolute Gasteiger partial charge is 0.350 e. The van der Waals surface area contributed by atoms with Crippen molar-refractivity contribution in [3.8, 4) is 0 Å². The van der Waals surface area contributed by atoms with Crippen molar-refractivity contribution in [2.75, 3.05) is 0 Å². The third-order valence-corrected chi connectivity index (χ3v) is 2.50. The van der Waals surface area contributed by atoms with Gasteiger partial charge in [0.1, 0.15) is 0 Å². The summed E-state index contributed by atoms with van der Waals surface area (Å²) in [5, 5.41) is 0. The van der Waals surface area contributed by atoms with E-state index >= 15 is 0 Å². The van der Waals surface area contributed by atoms with Crippen molar-refractivity contribution in [2.45, 2.75) is 19.5 Å². The molecule has 0 spiro atoms. The van der Waals surface area contributed by atoms with Crippen LogP contribution in [-0.2, 0) is 19.5 Å². The van der Waals surface area contributed by atoms with Crippen molar-refractivity contribution in [1.82, 2.24) is 9.55 Å². The average Bonchev–Trinajstić information content (AvgIpc) is 2.75. The van der Waals surface area contributed by atoms with E-state index in [2.05, 4.69) is 27.9 Å². The summed E-state index contributed by atoms with van der Waals surface area (Å²) in [6.07, 6.45) is 6.77. The van der Waals surface area contributed by atoms with E-state index < -0.39 is 0 Å². The number of rotatable bonds is 4. The molecule has 0 amide bonds. The molecule has 2 aromatic heterocycles. The first-order valence-electron chi connectivity index (χ1n) is 5.13. The lowest BCUT2D eigenvalue weighted by molar-refractivity contribution is 0.663. The Hall–Kier alpha value is -1.61. The molecule has 0 aromatic carbocycles. The minimum absolute atomic E-state index is 0.597. The smallest absolute Gasteiger partial charge is 0.0334 e. The molecule has 0 saturated heterocycles. The van der Waals surface area contributed by atoms with Crippen LogP contribution in [-0.4, -0.2) is 9.55 Å². The summed E-state index contributed by atoms with van der Waals surface area (Å²) in [5.41, 5.74) is 8.07. The highest BCUT2D eigenvalue weighted by Gasteiger charge is 1.98. The maximum atomic E-state index is 5.63. The van der Waals surface area contributed by atoms with Crippen LogP contribution in [0.4, 0.5) is 0 Å². The van der Waals surface area contributed by atoms with Gasteiger partial charge in [0.25, 0.3) is 0 Å². The van der Waals surface area contributed by atoms with E-state index in [1.54, 1.807) is 6.20 Å². The van der Waals surface area contributed by atoms with Crippen molar-refractivity contribution in [2.24, 2.45) is 5.73 Å². The van der Waals surface area contributed by atoms with Gasteiger partial charge >= 0.3 is 0 Å². The molecule has 2 aromatic rings. The molecule has 0 saturated carbocycles. The summed E-state index contributed by atoms with van der Waals surface area (Å²) in [5.74, 6) is 0. The molecule has 0 aliphatic rings. The van der Waals surface area contributed by atoms with Gasteiger partial charge in [-0.15, -0.1) is 0 Å². The standard InChI is InChI=1S/C12H15N3/c13-9-12-4-2-7-15(12)8-5-11-3-1-6-14-10-11/h1-4,6-7,10H,5,8-9,13H2. The lowest BCUT2D eigenvalue weighted by Gasteiger charge is -2.07. The van der Waals surface area contributed by atoms with Crippen LogP contribution in [0.5, 0.6) is 0 Å². The minimum Gasteiger partial charge on any atom is -0.350 e. The molecule has 0 aliphatic heterocycles. The second-order valence-electron chi connectivity index (χ2n) is 3.51. The Morgan fingerprint density at radius 1 is 1.27 bits per heavy atom. The molecule has 2 heterocycles. The van der Waals surface area contributed by atoms with Gasteiger partial charge in [-0.05, 0) is 30.2 Å². The van der Waals surface area contributed by atoms with Crippen LogP contribution in [0.2, 0.25) is 0 Å². The Kier molecular flexibility index (Phi) is 3.15. The fourth-order valence-corrected chi connectivity index (χ4v) is 1.65. The lowest BCUT2D eigenvalue weighted by Crippen LogP contribution is -2.08. The third-order valence-electron chi connectivity index (χ3n) is 2.50. The normalized spacial score (nSPS) is 10.5. The minimum atomic E-state index is 0.597. The molecule has 15 heavy (non-hydrogen) atoms. The molecule has 78 valence electrons. The van der Waals surface area contributed by atoms with Gasteiger partial charge in [0.2, 0.25) is 0 Å². The molecule has 0 atom stereocenters. The van der Waals surface area contributed by atoms with Gasteiger partial charge in [-0.1, -0.05) is 6.07 Å². The first-order valence-corrected chi connectivity index (χ1v) is 5.13. The highest BCUT2D eigenvalue weighted by atomic mass is 15.0. The number of hydrogen-bond donors (Lipinski definition) is 1. The molecule has 2 rings (SSSR count). The van der Waals surface area contributed by atoms with E-state index in [4.69, 9.17) is 5.73 Å². The summed E-state index contributed by atoms with van der Waals surface area (Å²) in [4.78, 5) is 4.09. The molecule has 2 N–H and O–H groups in total. The highest BCUT2D eigenvalue weighted by Crippen LogP contribution is 2.04. The number of pyridine rings is 1. The van der Waals surface area contributed by atoms with Crippen LogP contribution in [0.15, 0.2) is 42.9 Å². The maximum absolute atomic E-state index is 5.63. The van der Waals surface area contributed by atoms with E-state index in [1.807, 2.05) is 18.3 Å². The number of nitrogens with zero attached hydrogens (tertiary/aromatic N) is 2. The van der Waals surface area contributed by atoms with Crippen LogP contribution in [0.3, 0.4) is 0 Å². The average molecular weight is 201 g/mol. The van der Waals surface area contributed by atoms with Crippen LogP contribution in [0.1, 0.15) is 11.3 Å². The summed E-state index contributed by atoms with van der Waals surface area (Å²) < 4.78 is 2.19. The molecule has 0 fully saturated rings. The van der Waals surface area contributed by atoms with E-state index in [1.165, 1.54) is 11.3 Å². The Balaban J connectivity index is 1.99. The zero-order valence-electron chi connectivity index (χ0n) is 8.63. The molecular weight excluding hydrogens is 186 g/mol. The maximum Gasteiger partial charge on any atom is 0.0334 e. The van der Waals surface area contributed by atoms with E-state index in [-0.39, 0.29) is 0 Å². The quantitative estimate of drug-likeness (QED) is 0.816. The van der Waals surface area contributed by atoms with Gasteiger partial charge in [-0.25, -0.2) is 0 Å². The molecule has 3 nitrogen and oxygen atoms in total. The predicted molar refractivity (Wildman–Crippen MR) is 60.3 cm³/mol. The number of hydrogen-bond acceptors (Lipinski definition) is 2. The van der Waals surface area contributed by atoms with E-state index in [0.717, 1.165) is 13.0 Å². The van der Waals surface area contributed by atoms with Crippen molar-refractivity contribution in [3.05, 3.63) is 54.1 Å². The van der Waals surface area contributed by atoms with Crippen molar-refractivity contribution < 1.29 is 0 Å². The van der Waals surface area contributed by atoms with Gasteiger partial charge in [0.15, 0.2) is 0 Å². The number of nitrogens with two attached hydrogens (primary N) is 1. The molecule has 0 bridgehead atoms. The molecule has 0 radical (unpaired) electrons. The van der Waals surface area contributed by atoms with Gasteiger partial charge in [-0.3, -0.25) is 4.98 Å². The lowest BCUT2D eigenvalue weighted by atomic mass is 10.2. The monoisotopic (exact) mass is 201 g/mol. The Labute approximate surface area is 89.6 Å². The van der Waals surface area contributed by atoms with Crippen LogP contribution in [0.25, 0.3) is 0 Å².